The Bertz CT molecular complexity index is 495. The molecule has 2 amide bonds. The van der Waals surface area contributed by atoms with Crippen molar-refractivity contribution in [3.8, 4) is 0 Å². The van der Waals surface area contributed by atoms with E-state index in [1.807, 2.05) is 25.7 Å². The number of nitrogens with one attached hydrogen (secondary N) is 1. The van der Waals surface area contributed by atoms with Gasteiger partial charge in [0.1, 0.15) is 0 Å². The number of nitrogens with zero attached hydrogens (tertiary/aromatic N) is 1. The SMILES string of the molecule is CCCN(CCC)C(=O)c1ccc(NC(=O)C(C)(C)C)cc1. The highest BCUT2D eigenvalue weighted by atomic mass is 16.2. The summed E-state index contributed by atoms with van der Waals surface area (Å²) in [5.74, 6) is 0.0163. The van der Waals surface area contributed by atoms with Crippen molar-refractivity contribution in [1.29, 1.82) is 0 Å². The van der Waals surface area contributed by atoms with Crippen molar-refractivity contribution in [2.75, 3.05) is 18.4 Å². The lowest BCUT2D eigenvalue weighted by Crippen LogP contribution is -2.32. The molecule has 1 aromatic rings. The van der Waals surface area contributed by atoms with Gasteiger partial charge in [-0.05, 0) is 37.1 Å². The largest absolute Gasteiger partial charge is 0.339 e. The Kier molecular flexibility index (Phi) is 6.60. The predicted molar refractivity (Wildman–Crippen MR) is 91.0 cm³/mol. The van der Waals surface area contributed by atoms with Gasteiger partial charge in [0.25, 0.3) is 5.91 Å². The average molecular weight is 304 g/mol. The number of rotatable bonds is 6. The third-order valence-corrected chi connectivity index (χ3v) is 3.35. The number of amides is 2. The average Bonchev–Trinajstić information content (AvgIpc) is 2.46. The summed E-state index contributed by atoms with van der Waals surface area (Å²) in [5, 5.41) is 2.86. The smallest absolute Gasteiger partial charge is 0.253 e. The fraction of sp³-hybridized carbons (Fsp3) is 0.556. The summed E-state index contributed by atoms with van der Waals surface area (Å²) in [4.78, 5) is 26.3. The first-order valence-electron chi connectivity index (χ1n) is 8.00. The summed E-state index contributed by atoms with van der Waals surface area (Å²) in [6.45, 7) is 11.3. The molecule has 0 saturated carbocycles. The zero-order chi connectivity index (χ0) is 16.8. The fourth-order valence-corrected chi connectivity index (χ4v) is 2.05. The van der Waals surface area contributed by atoms with Crippen LogP contribution in [0.3, 0.4) is 0 Å². The van der Waals surface area contributed by atoms with E-state index in [1.54, 1.807) is 24.3 Å². The summed E-state index contributed by atoms with van der Waals surface area (Å²) in [5.41, 5.74) is 0.942. The Morgan fingerprint density at radius 2 is 1.50 bits per heavy atom. The van der Waals surface area contributed by atoms with Crippen LogP contribution in [0.25, 0.3) is 0 Å². The van der Waals surface area contributed by atoms with Gasteiger partial charge in [0.05, 0.1) is 0 Å². The van der Waals surface area contributed by atoms with E-state index in [2.05, 4.69) is 19.2 Å². The molecule has 0 unspecified atom stereocenters. The van der Waals surface area contributed by atoms with E-state index < -0.39 is 5.41 Å². The van der Waals surface area contributed by atoms with E-state index in [9.17, 15) is 9.59 Å². The number of hydrogen-bond acceptors (Lipinski definition) is 2. The van der Waals surface area contributed by atoms with Gasteiger partial charge in [-0.1, -0.05) is 34.6 Å². The fourth-order valence-electron chi connectivity index (χ4n) is 2.05. The van der Waals surface area contributed by atoms with Crippen LogP contribution in [0, 0.1) is 5.41 Å². The first-order chi connectivity index (χ1) is 10.3. The Morgan fingerprint density at radius 3 is 1.91 bits per heavy atom. The number of carbonyl (C=O) groups excluding carboxylic acids is 2. The number of anilines is 1. The van der Waals surface area contributed by atoms with Crippen molar-refractivity contribution in [1.82, 2.24) is 4.90 Å². The van der Waals surface area contributed by atoms with Crippen LogP contribution in [-0.2, 0) is 4.79 Å². The molecule has 1 aromatic carbocycles. The molecule has 22 heavy (non-hydrogen) atoms. The monoisotopic (exact) mass is 304 g/mol. The molecule has 1 N–H and O–H groups in total. The normalized spacial score (nSPS) is 11.1. The lowest BCUT2D eigenvalue weighted by atomic mass is 9.95. The molecule has 0 atom stereocenters. The highest BCUT2D eigenvalue weighted by Crippen LogP contribution is 2.18. The van der Waals surface area contributed by atoms with Gasteiger partial charge in [0.2, 0.25) is 5.91 Å². The van der Waals surface area contributed by atoms with Crippen LogP contribution in [0.4, 0.5) is 5.69 Å². The maximum absolute atomic E-state index is 12.5. The predicted octanol–water partition coefficient (Wildman–Crippen LogP) is 3.93. The van der Waals surface area contributed by atoms with E-state index in [0.717, 1.165) is 25.9 Å². The minimum Gasteiger partial charge on any atom is -0.339 e. The van der Waals surface area contributed by atoms with Gasteiger partial charge in [0, 0.05) is 29.8 Å². The lowest BCUT2D eigenvalue weighted by molar-refractivity contribution is -0.123. The summed E-state index contributed by atoms with van der Waals surface area (Å²) >= 11 is 0. The topological polar surface area (TPSA) is 49.4 Å². The molecule has 0 heterocycles. The molecule has 0 fully saturated rings. The molecule has 4 heteroatoms. The highest BCUT2D eigenvalue weighted by molar-refractivity contribution is 5.97. The summed E-state index contributed by atoms with van der Waals surface area (Å²) < 4.78 is 0. The minimum atomic E-state index is -0.437. The third-order valence-electron chi connectivity index (χ3n) is 3.35. The maximum atomic E-state index is 12.5. The van der Waals surface area contributed by atoms with Crippen LogP contribution in [0.1, 0.15) is 57.8 Å². The molecular weight excluding hydrogens is 276 g/mol. The van der Waals surface area contributed by atoms with Crippen molar-refractivity contribution in [3.63, 3.8) is 0 Å². The van der Waals surface area contributed by atoms with Crippen molar-refractivity contribution < 1.29 is 9.59 Å². The van der Waals surface area contributed by atoms with Gasteiger partial charge in [-0.3, -0.25) is 9.59 Å². The standard InChI is InChI=1S/C18H28N2O2/c1-6-12-20(13-7-2)16(21)14-8-10-15(11-9-14)19-17(22)18(3,4)5/h8-11H,6-7,12-13H2,1-5H3,(H,19,22). The molecule has 1 rings (SSSR count). The van der Waals surface area contributed by atoms with Crippen LogP contribution in [0.5, 0.6) is 0 Å². The third kappa shape index (κ3) is 5.17. The first kappa shape index (κ1) is 18.2. The molecule has 0 spiro atoms. The molecular formula is C18H28N2O2. The van der Waals surface area contributed by atoms with Gasteiger partial charge in [-0.2, -0.15) is 0 Å². The van der Waals surface area contributed by atoms with Crippen molar-refractivity contribution >= 4 is 17.5 Å². The van der Waals surface area contributed by atoms with E-state index in [-0.39, 0.29) is 11.8 Å². The second-order valence-electron chi connectivity index (χ2n) is 6.57. The second kappa shape index (κ2) is 7.97. The Labute approximate surface area is 133 Å². The van der Waals surface area contributed by atoms with E-state index >= 15 is 0 Å². The lowest BCUT2D eigenvalue weighted by Gasteiger charge is -2.22. The van der Waals surface area contributed by atoms with Crippen LogP contribution in [-0.4, -0.2) is 29.8 Å². The van der Waals surface area contributed by atoms with Gasteiger partial charge in [0.15, 0.2) is 0 Å². The van der Waals surface area contributed by atoms with Crippen LogP contribution >= 0.6 is 0 Å². The molecule has 0 aliphatic rings. The van der Waals surface area contributed by atoms with Gasteiger partial charge >= 0.3 is 0 Å². The van der Waals surface area contributed by atoms with E-state index in [1.165, 1.54) is 0 Å². The summed E-state index contributed by atoms with van der Waals surface area (Å²) in [7, 11) is 0. The molecule has 0 aliphatic heterocycles. The summed E-state index contributed by atoms with van der Waals surface area (Å²) in [6.07, 6.45) is 1.90. The second-order valence-corrected chi connectivity index (χ2v) is 6.57. The van der Waals surface area contributed by atoms with Gasteiger partial charge in [-0.25, -0.2) is 0 Å². The zero-order valence-corrected chi connectivity index (χ0v) is 14.4. The molecule has 0 aliphatic carbocycles. The van der Waals surface area contributed by atoms with Crippen LogP contribution < -0.4 is 5.32 Å². The number of carbonyl (C=O) groups is 2. The maximum Gasteiger partial charge on any atom is 0.253 e. The Hall–Kier alpha value is -1.84. The van der Waals surface area contributed by atoms with Crippen molar-refractivity contribution in [2.45, 2.75) is 47.5 Å². The van der Waals surface area contributed by atoms with Crippen molar-refractivity contribution in [3.05, 3.63) is 29.8 Å². The van der Waals surface area contributed by atoms with E-state index in [4.69, 9.17) is 0 Å². The first-order valence-corrected chi connectivity index (χ1v) is 8.00. The van der Waals surface area contributed by atoms with Gasteiger partial charge in [-0.15, -0.1) is 0 Å². The van der Waals surface area contributed by atoms with Crippen molar-refractivity contribution in [2.24, 2.45) is 5.41 Å². The number of hydrogen-bond donors (Lipinski definition) is 1. The van der Waals surface area contributed by atoms with Crippen LogP contribution in [0.15, 0.2) is 24.3 Å². The highest BCUT2D eigenvalue weighted by Gasteiger charge is 2.21. The Morgan fingerprint density at radius 1 is 1.00 bits per heavy atom. The number of benzene rings is 1. The Balaban J connectivity index is 2.79. The molecule has 4 nitrogen and oxygen atoms in total. The molecule has 0 radical (unpaired) electrons. The summed E-state index contributed by atoms with van der Waals surface area (Å²) in [6, 6.07) is 7.12. The van der Waals surface area contributed by atoms with E-state index in [0.29, 0.717) is 11.3 Å². The van der Waals surface area contributed by atoms with Crippen LogP contribution in [0.2, 0.25) is 0 Å². The van der Waals surface area contributed by atoms with Gasteiger partial charge < -0.3 is 10.2 Å². The molecule has 0 bridgehead atoms. The molecule has 0 saturated heterocycles. The molecule has 0 aromatic heterocycles. The quantitative estimate of drug-likeness (QED) is 0.865. The minimum absolute atomic E-state index is 0.0369. The molecule has 122 valence electrons. The zero-order valence-electron chi connectivity index (χ0n) is 14.4.